The number of hydrogen-bond acceptors (Lipinski definition) is 7. The highest BCUT2D eigenvalue weighted by Gasteiger charge is 2.40. The molecule has 5 rings (SSSR count). The van der Waals surface area contributed by atoms with Crippen molar-refractivity contribution in [2.45, 2.75) is 50.9 Å². The molecule has 3 aliphatic rings. The van der Waals surface area contributed by atoms with Crippen molar-refractivity contribution in [3.05, 3.63) is 47.4 Å². The fraction of sp³-hybridized carbons (Fsp3) is 0.542. The first-order valence-electron chi connectivity index (χ1n) is 11.2. The zero-order valence-electron chi connectivity index (χ0n) is 18.3. The van der Waals surface area contributed by atoms with E-state index in [0.717, 1.165) is 67.3 Å². The number of methoxy groups -OCH3 is 1. The van der Waals surface area contributed by atoms with Crippen LogP contribution in [-0.4, -0.2) is 60.8 Å². The molecular formula is C24H30N4O3. The van der Waals surface area contributed by atoms with Gasteiger partial charge >= 0.3 is 0 Å². The lowest BCUT2D eigenvalue weighted by atomic mass is 10.0. The summed E-state index contributed by atoms with van der Waals surface area (Å²) in [5.74, 6) is 1.87. The first-order valence-corrected chi connectivity index (χ1v) is 11.2. The molecule has 3 heterocycles. The van der Waals surface area contributed by atoms with Gasteiger partial charge in [-0.25, -0.2) is 9.97 Å². The summed E-state index contributed by atoms with van der Waals surface area (Å²) in [7, 11) is 1.70. The van der Waals surface area contributed by atoms with E-state index in [-0.39, 0.29) is 5.60 Å². The maximum absolute atomic E-state index is 6.17. The van der Waals surface area contributed by atoms with Gasteiger partial charge in [-0.1, -0.05) is 6.07 Å². The monoisotopic (exact) mass is 422 g/mol. The van der Waals surface area contributed by atoms with Gasteiger partial charge in [0, 0.05) is 31.8 Å². The molecule has 7 nitrogen and oxygen atoms in total. The lowest BCUT2D eigenvalue weighted by molar-refractivity contribution is 0.00604. The summed E-state index contributed by atoms with van der Waals surface area (Å²) in [6.45, 7) is 6.00. The second kappa shape index (κ2) is 8.55. The molecule has 1 aromatic carbocycles. The minimum atomic E-state index is 0.00559. The molecule has 0 bridgehead atoms. The molecule has 1 saturated carbocycles. The van der Waals surface area contributed by atoms with Crippen LogP contribution in [0.2, 0.25) is 0 Å². The fourth-order valence-electron chi connectivity index (χ4n) is 4.21. The molecule has 2 fully saturated rings. The molecule has 0 radical (unpaired) electrons. The molecule has 0 amide bonds. The molecule has 2 aromatic rings. The molecule has 0 spiro atoms. The summed E-state index contributed by atoms with van der Waals surface area (Å²) < 4.78 is 17.1. The standard InChI is InChI=1S/C24H30N4O3/c1-24(7-8-24)31-19-4-3-17-15-25-23(20(17)13-19)21-14-22(27-16-26-21)28-9-5-18(6-10-28)30-12-11-29-2/h3-4,13-14,16,18H,5-12,15H2,1-2H3. The van der Waals surface area contributed by atoms with Crippen LogP contribution in [-0.2, 0) is 16.0 Å². The van der Waals surface area contributed by atoms with Gasteiger partial charge < -0.3 is 19.1 Å². The van der Waals surface area contributed by atoms with E-state index in [0.29, 0.717) is 25.9 Å². The van der Waals surface area contributed by atoms with Crippen LogP contribution in [0.5, 0.6) is 5.75 Å². The minimum absolute atomic E-state index is 0.00559. The van der Waals surface area contributed by atoms with Gasteiger partial charge in [-0.3, -0.25) is 4.99 Å². The highest BCUT2D eigenvalue weighted by molar-refractivity contribution is 6.14. The van der Waals surface area contributed by atoms with Crippen LogP contribution >= 0.6 is 0 Å². The van der Waals surface area contributed by atoms with Gasteiger partial charge in [0.25, 0.3) is 0 Å². The fourth-order valence-corrected chi connectivity index (χ4v) is 4.21. The molecule has 31 heavy (non-hydrogen) atoms. The Hall–Kier alpha value is -2.51. The Morgan fingerprint density at radius 3 is 2.71 bits per heavy atom. The lowest BCUT2D eigenvalue weighted by Gasteiger charge is -2.32. The van der Waals surface area contributed by atoms with Crippen LogP contribution in [0.25, 0.3) is 0 Å². The summed E-state index contributed by atoms with van der Waals surface area (Å²) in [5.41, 5.74) is 4.15. The summed E-state index contributed by atoms with van der Waals surface area (Å²) in [6, 6.07) is 8.37. The number of hydrogen-bond donors (Lipinski definition) is 0. The molecule has 0 unspecified atom stereocenters. The Kier molecular flexibility index (Phi) is 5.63. The average Bonchev–Trinajstić information content (AvgIpc) is 3.37. The number of ether oxygens (including phenoxy) is 3. The van der Waals surface area contributed by atoms with Crippen LogP contribution in [0.1, 0.15) is 49.4 Å². The van der Waals surface area contributed by atoms with Crippen molar-refractivity contribution in [2.75, 3.05) is 38.3 Å². The van der Waals surface area contributed by atoms with Crippen molar-refractivity contribution in [3.8, 4) is 5.75 Å². The van der Waals surface area contributed by atoms with Crippen LogP contribution < -0.4 is 9.64 Å². The van der Waals surface area contributed by atoms with E-state index >= 15 is 0 Å². The molecule has 0 N–H and O–H groups in total. The molecule has 1 saturated heterocycles. The number of aliphatic imine (C=N–C) groups is 1. The Bertz CT molecular complexity index is 965. The minimum Gasteiger partial charge on any atom is -0.488 e. The molecule has 7 heteroatoms. The first kappa shape index (κ1) is 20.4. The number of fused-ring (bicyclic) bond motifs is 1. The molecule has 1 aliphatic carbocycles. The second-order valence-electron chi connectivity index (χ2n) is 8.85. The predicted molar refractivity (Wildman–Crippen MR) is 119 cm³/mol. The van der Waals surface area contributed by atoms with Crippen LogP contribution in [0, 0.1) is 0 Å². The lowest BCUT2D eigenvalue weighted by Crippen LogP contribution is -2.38. The van der Waals surface area contributed by atoms with Crippen molar-refractivity contribution in [2.24, 2.45) is 4.99 Å². The second-order valence-corrected chi connectivity index (χ2v) is 8.85. The Labute approximate surface area is 183 Å². The summed E-state index contributed by atoms with van der Waals surface area (Å²) in [6.07, 6.45) is 6.17. The van der Waals surface area contributed by atoms with E-state index < -0.39 is 0 Å². The summed E-state index contributed by atoms with van der Waals surface area (Å²) in [4.78, 5) is 16.2. The average molecular weight is 423 g/mol. The summed E-state index contributed by atoms with van der Waals surface area (Å²) in [5, 5.41) is 0. The van der Waals surface area contributed by atoms with Gasteiger partial charge in [-0.15, -0.1) is 0 Å². The zero-order chi connectivity index (χ0) is 21.3. The van der Waals surface area contributed by atoms with E-state index in [4.69, 9.17) is 19.2 Å². The maximum atomic E-state index is 6.17. The SMILES string of the molecule is COCCOC1CCN(c2cc(C3=NCc4ccc(OC5(C)CC5)cc43)ncn2)CC1. The van der Waals surface area contributed by atoms with Gasteiger partial charge in [-0.05, 0) is 50.3 Å². The van der Waals surface area contributed by atoms with Crippen molar-refractivity contribution in [1.29, 1.82) is 0 Å². The van der Waals surface area contributed by atoms with Crippen molar-refractivity contribution < 1.29 is 14.2 Å². The number of anilines is 1. The topological polar surface area (TPSA) is 69.1 Å². The van der Waals surface area contributed by atoms with Gasteiger partial charge in [0.1, 0.15) is 23.5 Å². The van der Waals surface area contributed by atoms with Gasteiger partial charge in [0.2, 0.25) is 0 Å². The van der Waals surface area contributed by atoms with E-state index in [1.54, 1.807) is 13.4 Å². The van der Waals surface area contributed by atoms with Crippen molar-refractivity contribution in [3.63, 3.8) is 0 Å². The zero-order valence-corrected chi connectivity index (χ0v) is 18.3. The van der Waals surface area contributed by atoms with Gasteiger partial charge in [0.15, 0.2) is 0 Å². The number of aromatic nitrogens is 2. The Morgan fingerprint density at radius 2 is 1.94 bits per heavy atom. The predicted octanol–water partition coefficient (Wildman–Crippen LogP) is 3.39. The number of benzene rings is 1. The van der Waals surface area contributed by atoms with Crippen LogP contribution in [0.3, 0.4) is 0 Å². The van der Waals surface area contributed by atoms with E-state index in [9.17, 15) is 0 Å². The van der Waals surface area contributed by atoms with E-state index in [1.165, 1.54) is 5.56 Å². The largest absolute Gasteiger partial charge is 0.488 e. The summed E-state index contributed by atoms with van der Waals surface area (Å²) >= 11 is 0. The molecule has 1 aromatic heterocycles. The van der Waals surface area contributed by atoms with Crippen molar-refractivity contribution >= 4 is 11.5 Å². The number of piperidine rings is 1. The van der Waals surface area contributed by atoms with Crippen LogP contribution in [0.4, 0.5) is 5.82 Å². The molecule has 2 aliphatic heterocycles. The van der Waals surface area contributed by atoms with Gasteiger partial charge in [-0.2, -0.15) is 0 Å². The third-order valence-electron chi connectivity index (χ3n) is 6.36. The highest BCUT2D eigenvalue weighted by Crippen LogP contribution is 2.40. The Morgan fingerprint density at radius 1 is 1.10 bits per heavy atom. The molecular weight excluding hydrogens is 392 g/mol. The van der Waals surface area contributed by atoms with Crippen LogP contribution in [0.15, 0.2) is 35.6 Å². The third kappa shape index (κ3) is 4.57. The normalized spacial score (nSPS) is 19.8. The smallest absolute Gasteiger partial charge is 0.132 e. The maximum Gasteiger partial charge on any atom is 0.132 e. The number of rotatable bonds is 8. The first-order chi connectivity index (χ1) is 15.1. The Balaban J connectivity index is 1.28. The highest BCUT2D eigenvalue weighted by atomic mass is 16.5. The quantitative estimate of drug-likeness (QED) is 0.608. The van der Waals surface area contributed by atoms with Gasteiger partial charge in [0.05, 0.1) is 37.3 Å². The van der Waals surface area contributed by atoms with E-state index in [1.807, 2.05) is 0 Å². The van der Waals surface area contributed by atoms with Crippen molar-refractivity contribution in [1.82, 2.24) is 9.97 Å². The number of nitrogens with zero attached hydrogens (tertiary/aromatic N) is 4. The molecule has 0 atom stereocenters. The molecule has 164 valence electrons. The van der Waals surface area contributed by atoms with E-state index in [2.05, 4.69) is 46.1 Å². The third-order valence-corrected chi connectivity index (χ3v) is 6.36.